The van der Waals surface area contributed by atoms with Crippen LogP contribution in [0.3, 0.4) is 0 Å². The van der Waals surface area contributed by atoms with Crippen molar-refractivity contribution in [2.75, 3.05) is 72.5 Å². The summed E-state index contributed by atoms with van der Waals surface area (Å²) < 4.78 is 134. The molecule has 11 nitrogen and oxygen atoms in total. The van der Waals surface area contributed by atoms with E-state index in [1.165, 1.54) is 5.32 Å². The predicted molar refractivity (Wildman–Crippen MR) is 111 cm³/mol. The topological polar surface area (TPSA) is 154 Å². The van der Waals surface area contributed by atoms with E-state index in [4.69, 9.17) is 30.4 Å². The van der Waals surface area contributed by atoms with Crippen LogP contribution in [-0.4, -0.2) is 109 Å². The van der Waals surface area contributed by atoms with Gasteiger partial charge in [-0.2, -0.15) is 35.1 Å². The number of Topliss-reactive ketones (excluding diaryl/α,β-unsaturated/α-hetero) is 1. The molecule has 0 aliphatic carbocycles. The van der Waals surface area contributed by atoms with Crippen LogP contribution in [0.1, 0.15) is 12.8 Å². The number of nitrogens with one attached hydrogen (secondary N) is 1. The van der Waals surface area contributed by atoms with Crippen LogP contribution in [0.2, 0.25) is 0 Å². The molecule has 0 rings (SSSR count). The van der Waals surface area contributed by atoms with E-state index in [9.17, 15) is 44.7 Å². The zero-order valence-electron chi connectivity index (χ0n) is 20.1. The molecule has 1 amide bonds. The quantitative estimate of drug-likeness (QED) is 0.110. The Morgan fingerprint density at radius 3 is 1.50 bits per heavy atom. The van der Waals surface area contributed by atoms with Crippen LogP contribution >= 0.6 is 0 Å². The summed E-state index contributed by atoms with van der Waals surface area (Å²) in [6, 6.07) is 0. The molecule has 0 aromatic carbocycles. The van der Waals surface area contributed by atoms with E-state index in [0.717, 1.165) is 0 Å². The van der Waals surface area contributed by atoms with Crippen molar-refractivity contribution in [1.82, 2.24) is 5.32 Å². The van der Waals surface area contributed by atoms with E-state index >= 15 is 0 Å². The third-order valence-electron chi connectivity index (χ3n) is 3.93. The van der Waals surface area contributed by atoms with Gasteiger partial charge < -0.3 is 35.7 Å². The van der Waals surface area contributed by atoms with Crippen molar-refractivity contribution in [3.63, 3.8) is 0 Å². The zero-order valence-corrected chi connectivity index (χ0v) is 20.1. The highest BCUT2D eigenvalue weighted by Crippen LogP contribution is 2.43. The number of amides is 1. The highest BCUT2D eigenvalue weighted by Gasteiger charge is 2.69. The second-order valence-electron chi connectivity index (χ2n) is 7.08. The molecule has 0 bridgehead atoms. The molecule has 0 aliphatic heterocycles. The fraction of sp³-hybridized carbons (Fsp3) is 0.895. The van der Waals surface area contributed by atoms with Crippen LogP contribution in [0.4, 0.5) is 35.1 Å². The molecule has 0 atom stereocenters. The number of hydrogen-bond donors (Lipinski definition) is 3. The zero-order chi connectivity index (χ0) is 29.3. The maximum absolute atomic E-state index is 13.7. The Balaban J connectivity index is 4.68. The summed E-state index contributed by atoms with van der Waals surface area (Å²) in [6.45, 7) is -0.393. The summed E-state index contributed by atoms with van der Waals surface area (Å²) in [4.78, 5) is 22.8. The van der Waals surface area contributed by atoms with Crippen molar-refractivity contribution in [3.8, 4) is 0 Å². The van der Waals surface area contributed by atoms with E-state index < -0.39 is 62.1 Å². The number of ether oxygens (including phenoxy) is 6. The van der Waals surface area contributed by atoms with Gasteiger partial charge in [-0.25, -0.2) is 9.47 Å². The Kier molecular flexibility index (Phi) is 17.0. The molecule has 5 N–H and O–H groups in total. The molecule has 0 unspecified atom stereocenters. The summed E-state index contributed by atoms with van der Waals surface area (Å²) in [7, 11) is 0. The number of carbonyl (C=O) groups excluding carboxylic acids is 2. The highest BCUT2D eigenvalue weighted by atomic mass is 19.3. The first-order valence-electron chi connectivity index (χ1n) is 11.1. The standard InChI is InChI=1S/C19H31F8N3O8/c20-16(21,14(31)2-1-6-33-10-11-34-7-3-28)37-18(24,25)19(26,27)38-17(22,23)15(32)30-5-9-36-13-12-35-8-4-29/h1-13,28-29H2,(H,30,32). The van der Waals surface area contributed by atoms with Gasteiger partial charge in [0.1, 0.15) is 0 Å². The number of carbonyl (C=O) groups is 2. The van der Waals surface area contributed by atoms with Gasteiger partial charge in [-0.3, -0.25) is 9.59 Å². The van der Waals surface area contributed by atoms with Crippen LogP contribution in [0.5, 0.6) is 0 Å². The molecule has 0 spiro atoms. The van der Waals surface area contributed by atoms with Crippen LogP contribution in [0.25, 0.3) is 0 Å². The van der Waals surface area contributed by atoms with Gasteiger partial charge >= 0.3 is 30.3 Å². The normalized spacial score (nSPS) is 13.1. The summed E-state index contributed by atoms with van der Waals surface area (Å²) in [5.74, 6) is -4.97. The Hall–Kier alpha value is -1.74. The summed E-state index contributed by atoms with van der Waals surface area (Å²) in [5.41, 5.74) is 10.3. The Bertz CT molecular complexity index is 636. The van der Waals surface area contributed by atoms with Crippen molar-refractivity contribution in [1.29, 1.82) is 0 Å². The lowest BCUT2D eigenvalue weighted by Gasteiger charge is -2.30. The summed E-state index contributed by atoms with van der Waals surface area (Å²) >= 11 is 0. The molecule has 0 radical (unpaired) electrons. The van der Waals surface area contributed by atoms with Crippen molar-refractivity contribution in [3.05, 3.63) is 0 Å². The molecule has 0 aliphatic rings. The molecule has 0 fully saturated rings. The average Bonchev–Trinajstić information content (AvgIpc) is 2.80. The van der Waals surface area contributed by atoms with Crippen LogP contribution < -0.4 is 16.8 Å². The summed E-state index contributed by atoms with van der Waals surface area (Å²) in [5, 5.41) is 1.37. The molecule has 0 heterocycles. The minimum atomic E-state index is -6.47. The fourth-order valence-electron chi connectivity index (χ4n) is 2.17. The van der Waals surface area contributed by atoms with E-state index in [1.807, 2.05) is 0 Å². The molecule has 0 aromatic rings. The van der Waals surface area contributed by atoms with Gasteiger partial charge in [-0.05, 0) is 6.42 Å². The number of hydrogen-bond acceptors (Lipinski definition) is 10. The van der Waals surface area contributed by atoms with Gasteiger partial charge in [0.05, 0.1) is 46.2 Å². The molecule has 0 saturated heterocycles. The third kappa shape index (κ3) is 14.4. The Morgan fingerprint density at radius 1 is 0.605 bits per heavy atom. The Labute approximate surface area is 212 Å². The lowest BCUT2D eigenvalue weighted by atomic mass is 10.2. The van der Waals surface area contributed by atoms with E-state index in [-0.39, 0.29) is 59.3 Å². The van der Waals surface area contributed by atoms with Gasteiger partial charge in [0, 0.05) is 32.7 Å². The lowest BCUT2D eigenvalue weighted by molar-refractivity contribution is -0.499. The lowest BCUT2D eigenvalue weighted by Crippen LogP contribution is -2.56. The first-order chi connectivity index (χ1) is 17.6. The van der Waals surface area contributed by atoms with Crippen LogP contribution in [-0.2, 0) is 38.0 Å². The van der Waals surface area contributed by atoms with E-state index in [2.05, 4.69) is 9.47 Å². The Morgan fingerprint density at radius 2 is 1.03 bits per heavy atom. The van der Waals surface area contributed by atoms with Crippen molar-refractivity contribution < 1.29 is 73.1 Å². The molecule has 38 heavy (non-hydrogen) atoms. The molecule has 19 heteroatoms. The van der Waals surface area contributed by atoms with E-state index in [0.29, 0.717) is 0 Å². The predicted octanol–water partition coefficient (Wildman–Crippen LogP) is 0.840. The van der Waals surface area contributed by atoms with E-state index in [1.54, 1.807) is 0 Å². The third-order valence-corrected chi connectivity index (χ3v) is 3.93. The number of halogens is 8. The molecule has 0 aromatic heterocycles. The molecular formula is C19H31F8N3O8. The van der Waals surface area contributed by atoms with Gasteiger partial charge in [-0.15, -0.1) is 0 Å². The minimum Gasteiger partial charge on any atom is -0.379 e. The minimum absolute atomic E-state index is 0.0122. The SMILES string of the molecule is NCCOCCOCCCC(=O)C(F)(F)OC(F)(F)C(F)(F)OC(F)(F)C(=O)NCCOCCOCCN. The maximum atomic E-state index is 13.7. The molecular weight excluding hydrogens is 550 g/mol. The van der Waals surface area contributed by atoms with Gasteiger partial charge in [0.15, 0.2) is 0 Å². The largest absolute Gasteiger partial charge is 0.453 e. The number of nitrogens with two attached hydrogens (primary N) is 2. The van der Waals surface area contributed by atoms with Crippen LogP contribution in [0.15, 0.2) is 0 Å². The smallest absolute Gasteiger partial charge is 0.379 e. The molecule has 226 valence electrons. The monoisotopic (exact) mass is 581 g/mol. The first kappa shape index (κ1) is 36.3. The molecule has 0 saturated carbocycles. The van der Waals surface area contributed by atoms with Crippen LogP contribution in [0, 0.1) is 0 Å². The van der Waals surface area contributed by atoms with Crippen molar-refractivity contribution in [2.24, 2.45) is 11.5 Å². The highest BCUT2D eigenvalue weighted by molar-refractivity contribution is 5.84. The first-order valence-corrected chi connectivity index (χ1v) is 11.1. The second-order valence-corrected chi connectivity index (χ2v) is 7.08. The van der Waals surface area contributed by atoms with Gasteiger partial charge in [-0.1, -0.05) is 0 Å². The number of rotatable bonds is 24. The second kappa shape index (κ2) is 17.8. The summed E-state index contributed by atoms with van der Waals surface area (Å²) in [6.07, 6.45) is -25.7. The fourth-order valence-corrected chi connectivity index (χ4v) is 2.17. The van der Waals surface area contributed by atoms with Gasteiger partial charge in [0.2, 0.25) is 5.78 Å². The maximum Gasteiger partial charge on any atom is 0.453 e. The number of alkyl halides is 8. The van der Waals surface area contributed by atoms with Gasteiger partial charge in [0.25, 0.3) is 0 Å². The number of ketones is 1. The van der Waals surface area contributed by atoms with Crippen molar-refractivity contribution >= 4 is 11.7 Å². The van der Waals surface area contributed by atoms with Crippen molar-refractivity contribution in [2.45, 2.75) is 37.3 Å². The average molecular weight is 581 g/mol.